The lowest BCUT2D eigenvalue weighted by Gasteiger charge is -2.11. The molecule has 6 nitrogen and oxygen atoms in total. The van der Waals surface area contributed by atoms with Crippen LogP contribution in [0.15, 0.2) is 15.9 Å². The van der Waals surface area contributed by atoms with Crippen molar-refractivity contribution in [2.75, 3.05) is 0 Å². The van der Waals surface area contributed by atoms with Crippen LogP contribution in [0.5, 0.6) is 0 Å². The molecule has 0 unspecified atom stereocenters. The van der Waals surface area contributed by atoms with Crippen molar-refractivity contribution in [3.05, 3.63) is 20.8 Å². The minimum atomic E-state index is -1.43. The number of thiophene rings is 1. The lowest BCUT2D eigenvalue weighted by atomic mass is 10.2. The highest BCUT2D eigenvalue weighted by atomic mass is 79.9. The van der Waals surface area contributed by atoms with Crippen LogP contribution >= 0.6 is 27.3 Å². The van der Waals surface area contributed by atoms with E-state index in [4.69, 9.17) is 10.2 Å². The summed E-state index contributed by atoms with van der Waals surface area (Å²) in [7, 11) is 0. The predicted molar refractivity (Wildman–Crippen MR) is 63.2 cm³/mol. The maximum atomic E-state index is 11.6. The zero-order valence-corrected chi connectivity index (χ0v) is 10.7. The number of carbonyl (C=O) groups is 3. The summed E-state index contributed by atoms with van der Waals surface area (Å²) < 4.78 is 0.729. The monoisotopic (exact) mass is 321 g/mol. The van der Waals surface area contributed by atoms with Gasteiger partial charge in [0.15, 0.2) is 0 Å². The van der Waals surface area contributed by atoms with Gasteiger partial charge in [0.25, 0.3) is 5.91 Å². The van der Waals surface area contributed by atoms with Gasteiger partial charge in [-0.25, -0.2) is 4.79 Å². The number of nitrogens with one attached hydrogen (secondary N) is 1. The van der Waals surface area contributed by atoms with Gasteiger partial charge in [-0.3, -0.25) is 9.59 Å². The minimum Gasteiger partial charge on any atom is -0.481 e. The SMILES string of the molecule is O=C(O)C[C@H](NC(=O)c1ccc(Br)s1)C(=O)O. The molecule has 1 rings (SSSR count). The maximum Gasteiger partial charge on any atom is 0.326 e. The molecule has 3 N–H and O–H groups in total. The third-order valence-corrected chi connectivity index (χ3v) is 3.40. The first kappa shape index (κ1) is 13.7. The van der Waals surface area contributed by atoms with Crippen LogP contribution in [-0.2, 0) is 9.59 Å². The molecule has 0 aliphatic heterocycles. The van der Waals surface area contributed by atoms with Crippen molar-refractivity contribution >= 4 is 45.1 Å². The lowest BCUT2D eigenvalue weighted by molar-refractivity contribution is -0.145. The number of hydrogen-bond donors (Lipinski definition) is 3. The maximum absolute atomic E-state index is 11.6. The Morgan fingerprint density at radius 3 is 2.41 bits per heavy atom. The zero-order chi connectivity index (χ0) is 13.0. The molecule has 1 atom stereocenters. The van der Waals surface area contributed by atoms with E-state index in [1.165, 1.54) is 6.07 Å². The second kappa shape index (κ2) is 5.78. The van der Waals surface area contributed by atoms with Gasteiger partial charge in [-0.05, 0) is 28.1 Å². The molecule has 17 heavy (non-hydrogen) atoms. The van der Waals surface area contributed by atoms with Gasteiger partial charge in [0, 0.05) is 0 Å². The molecule has 8 heteroatoms. The van der Waals surface area contributed by atoms with Crippen molar-refractivity contribution in [2.45, 2.75) is 12.5 Å². The average molecular weight is 322 g/mol. The highest BCUT2D eigenvalue weighted by molar-refractivity contribution is 9.11. The molecule has 0 radical (unpaired) electrons. The summed E-state index contributed by atoms with van der Waals surface area (Å²) in [5.41, 5.74) is 0. The van der Waals surface area contributed by atoms with Crippen molar-refractivity contribution in [3.8, 4) is 0 Å². The number of hydrogen-bond acceptors (Lipinski definition) is 4. The van der Waals surface area contributed by atoms with Crippen molar-refractivity contribution in [2.24, 2.45) is 0 Å². The Kier molecular flexibility index (Phi) is 4.64. The number of halogens is 1. The van der Waals surface area contributed by atoms with Crippen LogP contribution in [0.3, 0.4) is 0 Å². The summed E-state index contributed by atoms with van der Waals surface area (Å²) in [4.78, 5) is 33.0. The van der Waals surface area contributed by atoms with E-state index in [2.05, 4.69) is 21.2 Å². The van der Waals surface area contributed by atoms with E-state index in [0.29, 0.717) is 4.88 Å². The molecule has 1 heterocycles. The lowest BCUT2D eigenvalue weighted by Crippen LogP contribution is -2.41. The molecular weight excluding hydrogens is 314 g/mol. The van der Waals surface area contributed by atoms with Crippen molar-refractivity contribution in [1.29, 1.82) is 0 Å². The van der Waals surface area contributed by atoms with Gasteiger partial charge in [-0.2, -0.15) is 0 Å². The number of rotatable bonds is 5. The van der Waals surface area contributed by atoms with Gasteiger partial charge in [-0.1, -0.05) is 0 Å². The number of amides is 1. The van der Waals surface area contributed by atoms with Gasteiger partial charge in [0.05, 0.1) is 15.1 Å². The van der Waals surface area contributed by atoms with Gasteiger partial charge >= 0.3 is 11.9 Å². The first-order chi connectivity index (χ1) is 7.90. The first-order valence-electron chi connectivity index (χ1n) is 4.41. The highest BCUT2D eigenvalue weighted by Crippen LogP contribution is 2.21. The highest BCUT2D eigenvalue weighted by Gasteiger charge is 2.24. The van der Waals surface area contributed by atoms with Crippen LogP contribution in [0.4, 0.5) is 0 Å². The Morgan fingerprint density at radius 2 is 2.00 bits per heavy atom. The van der Waals surface area contributed by atoms with E-state index < -0.39 is 30.3 Å². The standard InChI is InChI=1S/C9H8BrNO5S/c10-6-2-1-5(17-6)8(14)11-4(9(15)16)3-7(12)13/h1-2,4H,3H2,(H,11,14)(H,12,13)(H,15,16)/t4-/m0/s1. The first-order valence-corrected chi connectivity index (χ1v) is 6.02. The summed E-state index contributed by atoms with van der Waals surface area (Å²) in [5, 5.41) is 19.4. The molecule has 0 saturated carbocycles. The van der Waals surface area contributed by atoms with Crippen molar-refractivity contribution in [3.63, 3.8) is 0 Å². The second-order valence-corrected chi connectivity index (χ2v) is 5.53. The molecule has 1 aromatic heterocycles. The Hall–Kier alpha value is -1.41. The van der Waals surface area contributed by atoms with E-state index in [1.807, 2.05) is 0 Å². The number of carboxylic acid groups (broad SMARTS) is 2. The zero-order valence-electron chi connectivity index (χ0n) is 8.34. The number of carbonyl (C=O) groups excluding carboxylic acids is 1. The van der Waals surface area contributed by atoms with Crippen LogP contribution in [0.2, 0.25) is 0 Å². The van der Waals surface area contributed by atoms with E-state index in [0.717, 1.165) is 15.1 Å². The Balaban J connectivity index is 2.70. The summed E-state index contributed by atoms with van der Waals surface area (Å²) in [6, 6.07) is 1.73. The largest absolute Gasteiger partial charge is 0.481 e. The second-order valence-electron chi connectivity index (χ2n) is 3.07. The number of carboxylic acids is 2. The normalized spacial score (nSPS) is 11.8. The molecule has 0 aliphatic carbocycles. The fourth-order valence-corrected chi connectivity index (χ4v) is 2.33. The molecule has 1 aromatic rings. The van der Waals surface area contributed by atoms with Crippen LogP contribution in [0.1, 0.15) is 16.1 Å². The summed E-state index contributed by atoms with van der Waals surface area (Å²) in [6.45, 7) is 0. The number of aliphatic carboxylic acids is 2. The fraction of sp³-hybridized carbons (Fsp3) is 0.222. The van der Waals surface area contributed by atoms with E-state index >= 15 is 0 Å². The van der Waals surface area contributed by atoms with Gasteiger partial charge in [0.2, 0.25) is 0 Å². The van der Waals surface area contributed by atoms with Gasteiger partial charge < -0.3 is 15.5 Å². The van der Waals surface area contributed by atoms with Gasteiger partial charge in [-0.15, -0.1) is 11.3 Å². The topological polar surface area (TPSA) is 104 Å². The third kappa shape index (κ3) is 4.16. The molecule has 1 amide bonds. The average Bonchev–Trinajstić information content (AvgIpc) is 2.63. The molecular formula is C9H8BrNO5S. The Labute approximate surface area is 108 Å². The van der Waals surface area contributed by atoms with Crippen molar-refractivity contribution < 1.29 is 24.6 Å². The summed E-state index contributed by atoms with van der Waals surface area (Å²) >= 11 is 4.30. The molecule has 0 aliphatic rings. The quantitative estimate of drug-likeness (QED) is 0.755. The predicted octanol–water partition coefficient (Wildman–Crippen LogP) is 1.17. The van der Waals surface area contributed by atoms with Crippen LogP contribution in [0.25, 0.3) is 0 Å². The smallest absolute Gasteiger partial charge is 0.326 e. The Morgan fingerprint density at radius 1 is 1.35 bits per heavy atom. The molecule has 0 aromatic carbocycles. The fourth-order valence-electron chi connectivity index (χ4n) is 1.04. The van der Waals surface area contributed by atoms with Crippen molar-refractivity contribution in [1.82, 2.24) is 5.32 Å². The Bertz CT molecular complexity index is 458. The summed E-state index contributed by atoms with van der Waals surface area (Å²) in [5.74, 6) is -3.27. The van der Waals surface area contributed by atoms with Gasteiger partial charge in [0.1, 0.15) is 6.04 Å². The third-order valence-electron chi connectivity index (χ3n) is 1.78. The molecule has 92 valence electrons. The molecule has 0 saturated heterocycles. The van der Waals surface area contributed by atoms with E-state index in [9.17, 15) is 14.4 Å². The van der Waals surface area contributed by atoms with Crippen LogP contribution in [0, 0.1) is 0 Å². The molecule has 0 spiro atoms. The van der Waals surface area contributed by atoms with Crippen LogP contribution < -0.4 is 5.32 Å². The van der Waals surface area contributed by atoms with Crippen LogP contribution in [-0.4, -0.2) is 34.1 Å². The summed E-state index contributed by atoms with van der Waals surface area (Å²) in [6.07, 6.45) is -0.659. The van der Waals surface area contributed by atoms with E-state index in [1.54, 1.807) is 6.07 Å². The molecule has 0 bridgehead atoms. The minimum absolute atomic E-state index is 0.313. The molecule has 0 fully saturated rings. The van der Waals surface area contributed by atoms with E-state index in [-0.39, 0.29) is 0 Å².